The first kappa shape index (κ1) is 19.3. The van der Waals surface area contributed by atoms with Crippen molar-refractivity contribution >= 4 is 55.8 Å². The number of aromatic nitrogens is 1. The number of halogens is 2. The molecular weight excluding hydrogens is 417 g/mol. The Labute approximate surface area is 177 Å². The molecule has 0 atom stereocenters. The van der Waals surface area contributed by atoms with Crippen LogP contribution in [0, 0.1) is 0 Å². The van der Waals surface area contributed by atoms with Crippen LogP contribution in [0.3, 0.4) is 0 Å². The first-order chi connectivity index (χ1) is 13.6. The van der Waals surface area contributed by atoms with Crippen molar-refractivity contribution < 1.29 is 9.53 Å². The number of hydrogen-bond donors (Lipinski definition) is 0. The number of para-hydroxylation sites is 1. The number of ether oxygens (including phenoxy) is 1. The average molecular weight is 436 g/mol. The van der Waals surface area contributed by atoms with E-state index in [1.807, 2.05) is 35.2 Å². The first-order valence-electron chi connectivity index (χ1n) is 9.06. The predicted molar refractivity (Wildman–Crippen MR) is 115 cm³/mol. The molecule has 28 heavy (non-hydrogen) atoms. The molecule has 0 bridgehead atoms. The standard InChI is InChI=1S/C20H19Cl2N3O2S/c21-14-5-6-16-18(13-14)28-20(23-16)25-10-8-24(9-11-25)19(26)7-12-27-17-4-2-1-3-15(17)22/h1-6,13H,7-12H2. The molecule has 1 amide bonds. The third-order valence-electron chi connectivity index (χ3n) is 4.65. The third-order valence-corrected chi connectivity index (χ3v) is 6.28. The van der Waals surface area contributed by atoms with Crippen molar-refractivity contribution in [2.45, 2.75) is 6.42 Å². The highest BCUT2D eigenvalue weighted by molar-refractivity contribution is 7.22. The van der Waals surface area contributed by atoms with Gasteiger partial charge < -0.3 is 14.5 Å². The highest BCUT2D eigenvalue weighted by Gasteiger charge is 2.23. The number of anilines is 1. The van der Waals surface area contributed by atoms with Gasteiger partial charge in [-0.05, 0) is 30.3 Å². The van der Waals surface area contributed by atoms with Crippen molar-refractivity contribution in [2.24, 2.45) is 0 Å². The molecule has 1 fully saturated rings. The molecular formula is C20H19Cl2N3O2S. The number of benzene rings is 2. The molecule has 2 heterocycles. The predicted octanol–water partition coefficient (Wildman–Crippen LogP) is 4.72. The van der Waals surface area contributed by atoms with Crippen molar-refractivity contribution in [2.75, 3.05) is 37.7 Å². The number of nitrogens with zero attached hydrogens (tertiary/aromatic N) is 3. The summed E-state index contributed by atoms with van der Waals surface area (Å²) < 4.78 is 6.70. The fraction of sp³-hybridized carbons (Fsp3) is 0.300. The number of hydrogen-bond acceptors (Lipinski definition) is 5. The smallest absolute Gasteiger partial charge is 0.226 e. The molecule has 0 spiro atoms. The van der Waals surface area contributed by atoms with Gasteiger partial charge in [0, 0.05) is 31.2 Å². The largest absolute Gasteiger partial charge is 0.491 e. The Morgan fingerprint density at radius 3 is 2.68 bits per heavy atom. The zero-order valence-electron chi connectivity index (χ0n) is 15.1. The van der Waals surface area contributed by atoms with Crippen LogP contribution >= 0.6 is 34.5 Å². The van der Waals surface area contributed by atoms with Gasteiger partial charge >= 0.3 is 0 Å². The molecule has 0 unspecified atom stereocenters. The number of carbonyl (C=O) groups is 1. The minimum atomic E-state index is 0.0998. The minimum absolute atomic E-state index is 0.0998. The van der Waals surface area contributed by atoms with E-state index in [4.69, 9.17) is 27.9 Å². The molecule has 146 valence electrons. The maximum Gasteiger partial charge on any atom is 0.226 e. The molecule has 1 aliphatic heterocycles. The van der Waals surface area contributed by atoms with Gasteiger partial charge in [0.1, 0.15) is 5.75 Å². The highest BCUT2D eigenvalue weighted by Crippen LogP contribution is 2.31. The molecule has 0 saturated carbocycles. The van der Waals surface area contributed by atoms with E-state index < -0.39 is 0 Å². The average Bonchev–Trinajstić information content (AvgIpc) is 3.12. The summed E-state index contributed by atoms with van der Waals surface area (Å²) in [6.45, 7) is 3.22. The molecule has 4 rings (SSSR count). The molecule has 0 aliphatic carbocycles. The normalized spacial score (nSPS) is 14.5. The second-order valence-electron chi connectivity index (χ2n) is 6.51. The summed E-state index contributed by atoms with van der Waals surface area (Å²) in [5.41, 5.74) is 0.958. The van der Waals surface area contributed by atoms with Gasteiger partial charge in [-0.15, -0.1) is 0 Å². The molecule has 0 N–H and O–H groups in total. The van der Waals surface area contributed by atoms with Crippen molar-refractivity contribution in [3.8, 4) is 5.75 Å². The lowest BCUT2D eigenvalue weighted by molar-refractivity contribution is -0.132. The zero-order valence-corrected chi connectivity index (χ0v) is 17.4. The number of piperazine rings is 1. The summed E-state index contributed by atoms with van der Waals surface area (Å²) >= 11 is 13.8. The summed E-state index contributed by atoms with van der Waals surface area (Å²) in [6, 6.07) is 13.0. The summed E-state index contributed by atoms with van der Waals surface area (Å²) in [6.07, 6.45) is 0.338. The van der Waals surface area contributed by atoms with Gasteiger partial charge in [-0.3, -0.25) is 4.79 Å². The fourth-order valence-corrected chi connectivity index (χ4v) is 4.62. The van der Waals surface area contributed by atoms with Crippen LogP contribution in [0.25, 0.3) is 10.2 Å². The summed E-state index contributed by atoms with van der Waals surface area (Å²) in [7, 11) is 0. The minimum Gasteiger partial charge on any atom is -0.491 e. The Bertz CT molecular complexity index is 986. The van der Waals surface area contributed by atoms with Crippen LogP contribution in [0.2, 0.25) is 10.0 Å². The van der Waals surface area contributed by atoms with Gasteiger partial charge in [0.25, 0.3) is 0 Å². The van der Waals surface area contributed by atoms with Crippen LogP contribution < -0.4 is 9.64 Å². The van der Waals surface area contributed by atoms with Crippen molar-refractivity contribution in [3.63, 3.8) is 0 Å². The van der Waals surface area contributed by atoms with E-state index in [2.05, 4.69) is 9.88 Å². The topological polar surface area (TPSA) is 45.7 Å². The molecule has 5 nitrogen and oxygen atoms in total. The molecule has 1 aromatic heterocycles. The maximum atomic E-state index is 12.5. The monoisotopic (exact) mass is 435 g/mol. The van der Waals surface area contributed by atoms with E-state index in [1.54, 1.807) is 23.5 Å². The van der Waals surface area contributed by atoms with E-state index in [1.165, 1.54) is 0 Å². The van der Waals surface area contributed by atoms with Crippen LogP contribution in [0.5, 0.6) is 5.75 Å². The van der Waals surface area contributed by atoms with E-state index in [9.17, 15) is 4.79 Å². The number of carbonyl (C=O) groups excluding carboxylic acids is 1. The van der Waals surface area contributed by atoms with Crippen molar-refractivity contribution in [3.05, 3.63) is 52.5 Å². The van der Waals surface area contributed by atoms with Crippen molar-refractivity contribution in [1.82, 2.24) is 9.88 Å². The summed E-state index contributed by atoms with van der Waals surface area (Å²) in [5.74, 6) is 0.709. The fourth-order valence-electron chi connectivity index (χ4n) is 3.14. The van der Waals surface area contributed by atoms with Gasteiger partial charge in [0.05, 0.1) is 28.3 Å². The van der Waals surface area contributed by atoms with Crippen LogP contribution in [-0.2, 0) is 4.79 Å². The van der Waals surface area contributed by atoms with Crippen LogP contribution in [0.1, 0.15) is 6.42 Å². The molecule has 1 saturated heterocycles. The van der Waals surface area contributed by atoms with Gasteiger partial charge in [0.15, 0.2) is 5.13 Å². The van der Waals surface area contributed by atoms with Gasteiger partial charge in [-0.2, -0.15) is 0 Å². The summed E-state index contributed by atoms with van der Waals surface area (Å²) in [5, 5.41) is 2.25. The maximum absolute atomic E-state index is 12.5. The Hall–Kier alpha value is -2.02. The summed E-state index contributed by atoms with van der Waals surface area (Å²) in [4.78, 5) is 21.3. The van der Waals surface area contributed by atoms with Crippen molar-refractivity contribution in [1.29, 1.82) is 0 Å². The second kappa shape index (κ2) is 8.55. The molecule has 0 radical (unpaired) electrons. The van der Waals surface area contributed by atoms with Crippen LogP contribution in [-0.4, -0.2) is 48.6 Å². The van der Waals surface area contributed by atoms with E-state index in [0.717, 1.165) is 33.5 Å². The number of rotatable bonds is 5. The van der Waals surface area contributed by atoms with Crippen LogP contribution in [0.4, 0.5) is 5.13 Å². The lowest BCUT2D eigenvalue weighted by Gasteiger charge is -2.34. The first-order valence-corrected chi connectivity index (χ1v) is 10.6. The van der Waals surface area contributed by atoms with Gasteiger partial charge in [-0.1, -0.05) is 46.7 Å². The van der Waals surface area contributed by atoms with Crippen LogP contribution in [0.15, 0.2) is 42.5 Å². The van der Waals surface area contributed by atoms with E-state index >= 15 is 0 Å². The van der Waals surface area contributed by atoms with Gasteiger partial charge in [0.2, 0.25) is 5.91 Å². The zero-order chi connectivity index (χ0) is 19.5. The highest BCUT2D eigenvalue weighted by atomic mass is 35.5. The number of fused-ring (bicyclic) bond motifs is 1. The molecule has 1 aliphatic rings. The molecule has 8 heteroatoms. The number of amides is 1. The lowest BCUT2D eigenvalue weighted by atomic mass is 10.3. The molecule has 3 aromatic rings. The molecule has 2 aromatic carbocycles. The van der Waals surface area contributed by atoms with E-state index in [-0.39, 0.29) is 5.91 Å². The third kappa shape index (κ3) is 4.35. The van der Waals surface area contributed by atoms with E-state index in [0.29, 0.717) is 36.9 Å². The Kier molecular flexibility index (Phi) is 5.90. The van der Waals surface area contributed by atoms with Gasteiger partial charge in [-0.25, -0.2) is 4.98 Å². The Morgan fingerprint density at radius 2 is 1.89 bits per heavy atom. The SMILES string of the molecule is O=C(CCOc1ccccc1Cl)N1CCN(c2nc3ccc(Cl)cc3s2)CC1. The Morgan fingerprint density at radius 1 is 1.11 bits per heavy atom. The Balaban J connectivity index is 1.28. The number of thiazole rings is 1. The lowest BCUT2D eigenvalue weighted by Crippen LogP contribution is -2.49. The quantitative estimate of drug-likeness (QED) is 0.581. The second-order valence-corrected chi connectivity index (χ2v) is 8.36.